The summed E-state index contributed by atoms with van der Waals surface area (Å²) in [5, 5.41) is 0.649. The molecular weight excluding hydrogens is 508 g/mol. The van der Waals surface area contributed by atoms with Crippen LogP contribution in [0.3, 0.4) is 0 Å². The maximum Gasteiger partial charge on any atom is 0.243 e. The Kier molecular flexibility index (Phi) is 8.18. The molecule has 2 N–H and O–H groups in total. The smallest absolute Gasteiger partial charge is 0.243 e. The third-order valence-corrected chi connectivity index (χ3v) is 6.24. The van der Waals surface area contributed by atoms with E-state index in [-0.39, 0.29) is 42.0 Å². The van der Waals surface area contributed by atoms with Crippen LogP contribution in [-0.4, -0.2) is 25.0 Å². The van der Waals surface area contributed by atoms with Gasteiger partial charge in [0, 0.05) is 29.2 Å². The Morgan fingerprint density at radius 3 is 2.61 bits per heavy atom. The van der Waals surface area contributed by atoms with Gasteiger partial charge < -0.3 is 14.4 Å². The number of nitrogens with one attached hydrogen (secondary N) is 2. The maximum atomic E-state index is 14.1. The van der Waals surface area contributed by atoms with Crippen molar-refractivity contribution in [2.24, 2.45) is 5.92 Å². The molecule has 0 aliphatic carbocycles. The molecule has 3 aromatic carbocycles. The lowest BCUT2D eigenvalue weighted by Gasteiger charge is -2.18. The second kappa shape index (κ2) is 11.5. The minimum Gasteiger partial charge on any atom is -0.494 e. The number of hydrazine groups is 1. The molecule has 1 saturated heterocycles. The first-order chi connectivity index (χ1) is 17.4. The van der Waals surface area contributed by atoms with E-state index in [1.807, 2.05) is 6.92 Å². The van der Waals surface area contributed by atoms with E-state index in [0.29, 0.717) is 34.5 Å². The fraction of sp³-hybridized carbons (Fsp3) is 0.231. The van der Waals surface area contributed by atoms with E-state index in [9.17, 15) is 14.0 Å². The Labute approximate surface area is 218 Å². The van der Waals surface area contributed by atoms with E-state index in [1.165, 1.54) is 12.1 Å². The Hall–Kier alpha value is -3.49. The number of amides is 2. The number of hydrogen-bond donors (Lipinski definition) is 2. The number of benzene rings is 3. The number of hydrogen-bond acceptors (Lipinski definition) is 5. The number of rotatable bonds is 9. The Bertz CT molecular complexity index is 1240. The van der Waals surface area contributed by atoms with Gasteiger partial charge >= 0.3 is 0 Å². The van der Waals surface area contributed by atoms with Crippen LogP contribution in [-0.2, 0) is 16.2 Å². The van der Waals surface area contributed by atoms with Crippen molar-refractivity contribution in [3.8, 4) is 11.5 Å². The van der Waals surface area contributed by atoms with Crippen LogP contribution in [0.25, 0.3) is 0 Å². The fourth-order valence-corrected chi connectivity index (χ4v) is 4.19. The van der Waals surface area contributed by atoms with Crippen LogP contribution in [0.2, 0.25) is 10.0 Å². The summed E-state index contributed by atoms with van der Waals surface area (Å²) in [4.78, 5) is 27.0. The first kappa shape index (κ1) is 25.6. The number of ether oxygens (including phenoxy) is 2. The second-order valence-corrected chi connectivity index (χ2v) is 8.92. The van der Waals surface area contributed by atoms with Crippen LogP contribution >= 0.6 is 23.2 Å². The van der Waals surface area contributed by atoms with E-state index in [2.05, 4.69) is 10.9 Å². The minimum atomic E-state index is -0.558. The van der Waals surface area contributed by atoms with Gasteiger partial charge in [-0.1, -0.05) is 29.3 Å². The molecule has 0 aromatic heterocycles. The molecule has 7 nitrogen and oxygen atoms in total. The Morgan fingerprint density at radius 1 is 1.11 bits per heavy atom. The maximum absolute atomic E-state index is 14.1. The summed E-state index contributed by atoms with van der Waals surface area (Å²) in [6, 6.07) is 16.3. The van der Waals surface area contributed by atoms with E-state index in [0.717, 1.165) is 0 Å². The molecule has 4 rings (SSSR count). The van der Waals surface area contributed by atoms with E-state index in [1.54, 1.807) is 53.4 Å². The molecule has 0 unspecified atom stereocenters. The number of anilines is 2. The van der Waals surface area contributed by atoms with Crippen molar-refractivity contribution in [3.63, 3.8) is 0 Å². The summed E-state index contributed by atoms with van der Waals surface area (Å²) < 4.78 is 25.3. The monoisotopic (exact) mass is 531 g/mol. The molecule has 1 aliphatic rings. The van der Waals surface area contributed by atoms with Crippen molar-refractivity contribution in [2.45, 2.75) is 20.0 Å². The third-order valence-electron chi connectivity index (χ3n) is 5.65. The van der Waals surface area contributed by atoms with Gasteiger partial charge in [0.15, 0.2) is 0 Å². The van der Waals surface area contributed by atoms with Gasteiger partial charge in [-0.25, -0.2) is 4.39 Å². The highest BCUT2D eigenvalue weighted by Gasteiger charge is 2.35. The van der Waals surface area contributed by atoms with Gasteiger partial charge in [0.1, 0.15) is 23.9 Å². The van der Waals surface area contributed by atoms with E-state index in [4.69, 9.17) is 32.7 Å². The zero-order valence-corrected chi connectivity index (χ0v) is 20.9. The summed E-state index contributed by atoms with van der Waals surface area (Å²) in [5.41, 5.74) is 6.71. The average molecular weight is 532 g/mol. The van der Waals surface area contributed by atoms with E-state index < -0.39 is 11.7 Å². The highest BCUT2D eigenvalue weighted by Crippen LogP contribution is 2.30. The molecule has 36 heavy (non-hydrogen) atoms. The minimum absolute atomic E-state index is 0.0748. The van der Waals surface area contributed by atoms with Crippen LogP contribution in [0, 0.1) is 11.7 Å². The molecule has 1 heterocycles. The van der Waals surface area contributed by atoms with Gasteiger partial charge in [0.2, 0.25) is 11.8 Å². The van der Waals surface area contributed by atoms with Crippen molar-refractivity contribution in [3.05, 3.63) is 82.1 Å². The lowest BCUT2D eigenvalue weighted by atomic mass is 10.1. The topological polar surface area (TPSA) is 79.9 Å². The quantitative estimate of drug-likeness (QED) is 0.351. The third kappa shape index (κ3) is 6.01. The number of carbonyl (C=O) groups is 2. The zero-order chi connectivity index (χ0) is 25.7. The number of halogens is 3. The van der Waals surface area contributed by atoms with Crippen LogP contribution in [0.5, 0.6) is 11.5 Å². The number of carbonyl (C=O) groups excluding carboxylic acids is 2. The van der Waals surface area contributed by atoms with Crippen molar-refractivity contribution >= 4 is 46.4 Å². The second-order valence-electron chi connectivity index (χ2n) is 8.08. The standard InChI is InChI=1S/C26H24Cl2FN3O4/c1-2-35-19-9-7-18(8-10-19)32-14-16(12-25(32)33)26(34)31-30-23-13-17(27)6-11-24(23)36-15-20-21(28)4-3-5-22(20)29/h3-11,13,16,30H,2,12,14-15H2,1H3,(H,31,34)/t16-/m0/s1. The molecule has 0 spiro atoms. The molecule has 2 amide bonds. The highest BCUT2D eigenvalue weighted by atomic mass is 35.5. The molecule has 3 aromatic rings. The molecule has 10 heteroatoms. The lowest BCUT2D eigenvalue weighted by Crippen LogP contribution is -2.36. The summed E-state index contributed by atoms with van der Waals surface area (Å²) >= 11 is 12.2. The molecule has 0 bridgehead atoms. The normalized spacial score (nSPS) is 15.1. The first-order valence-electron chi connectivity index (χ1n) is 11.3. The van der Waals surface area contributed by atoms with Gasteiger partial charge in [0.05, 0.1) is 23.2 Å². The van der Waals surface area contributed by atoms with Crippen molar-refractivity contribution in [2.75, 3.05) is 23.5 Å². The van der Waals surface area contributed by atoms with Crippen molar-refractivity contribution in [1.82, 2.24) is 5.43 Å². The van der Waals surface area contributed by atoms with Gasteiger partial charge in [0.25, 0.3) is 0 Å². The van der Waals surface area contributed by atoms with Gasteiger partial charge in [-0.05, 0) is 61.5 Å². The zero-order valence-electron chi connectivity index (χ0n) is 19.4. The fourth-order valence-electron chi connectivity index (χ4n) is 3.80. The largest absolute Gasteiger partial charge is 0.494 e. The van der Waals surface area contributed by atoms with Gasteiger partial charge in [-0.2, -0.15) is 0 Å². The number of nitrogens with zero attached hydrogens (tertiary/aromatic N) is 1. The van der Waals surface area contributed by atoms with Crippen molar-refractivity contribution < 1.29 is 23.5 Å². The van der Waals surface area contributed by atoms with Crippen LogP contribution in [0.4, 0.5) is 15.8 Å². The van der Waals surface area contributed by atoms with Gasteiger partial charge in [-0.15, -0.1) is 0 Å². The molecule has 1 atom stereocenters. The summed E-state index contributed by atoms with van der Waals surface area (Å²) in [5.74, 6) is -0.506. The van der Waals surface area contributed by atoms with Crippen LogP contribution in [0.15, 0.2) is 60.7 Å². The molecule has 1 aliphatic heterocycles. The Morgan fingerprint density at radius 2 is 1.89 bits per heavy atom. The summed E-state index contributed by atoms with van der Waals surface area (Å²) in [7, 11) is 0. The SMILES string of the molecule is CCOc1ccc(N2C[C@@H](C(=O)NNc3cc(Cl)ccc3OCc3c(F)cccc3Cl)CC2=O)cc1. The van der Waals surface area contributed by atoms with Crippen LogP contribution < -0.4 is 25.2 Å². The lowest BCUT2D eigenvalue weighted by molar-refractivity contribution is -0.125. The van der Waals surface area contributed by atoms with Crippen molar-refractivity contribution in [1.29, 1.82) is 0 Å². The first-order valence-corrected chi connectivity index (χ1v) is 12.1. The molecule has 1 fully saturated rings. The average Bonchev–Trinajstić information content (AvgIpc) is 3.25. The predicted octanol–water partition coefficient (Wildman–Crippen LogP) is 5.61. The summed E-state index contributed by atoms with van der Waals surface area (Å²) in [6.45, 7) is 2.56. The summed E-state index contributed by atoms with van der Waals surface area (Å²) in [6.07, 6.45) is 0.0748. The van der Waals surface area contributed by atoms with E-state index >= 15 is 0 Å². The predicted molar refractivity (Wildman–Crippen MR) is 137 cm³/mol. The molecule has 188 valence electrons. The van der Waals surface area contributed by atoms with Gasteiger partial charge in [-0.3, -0.25) is 20.4 Å². The highest BCUT2D eigenvalue weighted by molar-refractivity contribution is 6.31. The molecular formula is C26H24Cl2FN3O4. The molecule has 0 radical (unpaired) electrons. The Balaban J connectivity index is 1.38. The van der Waals surface area contributed by atoms with Crippen LogP contribution in [0.1, 0.15) is 18.9 Å². The molecule has 0 saturated carbocycles.